The number of rotatable bonds is 4. The lowest BCUT2D eigenvalue weighted by atomic mass is 10.0. The third-order valence-electron chi connectivity index (χ3n) is 4.05. The lowest BCUT2D eigenvalue weighted by molar-refractivity contribution is 0.0482. The lowest BCUT2D eigenvalue weighted by Gasteiger charge is -2.26. The SMILES string of the molecule is Nc1nc(OCC2CCOCC2)nc(N2CCCCC2)n1. The molecule has 2 N–H and O–H groups in total. The molecule has 2 saturated heterocycles. The molecule has 7 nitrogen and oxygen atoms in total. The number of aromatic nitrogens is 3. The van der Waals surface area contributed by atoms with Crippen LogP contribution in [0.25, 0.3) is 0 Å². The minimum absolute atomic E-state index is 0.229. The van der Waals surface area contributed by atoms with Gasteiger partial charge in [0, 0.05) is 26.3 Å². The van der Waals surface area contributed by atoms with Crippen molar-refractivity contribution in [3.8, 4) is 6.01 Å². The highest BCUT2D eigenvalue weighted by molar-refractivity contribution is 5.36. The number of ether oxygens (including phenoxy) is 2. The van der Waals surface area contributed by atoms with E-state index >= 15 is 0 Å². The fourth-order valence-corrected chi connectivity index (χ4v) is 2.77. The fourth-order valence-electron chi connectivity index (χ4n) is 2.77. The van der Waals surface area contributed by atoms with Crippen molar-refractivity contribution in [3.05, 3.63) is 0 Å². The quantitative estimate of drug-likeness (QED) is 0.894. The number of anilines is 2. The van der Waals surface area contributed by atoms with Gasteiger partial charge in [0.2, 0.25) is 11.9 Å². The molecule has 7 heteroatoms. The van der Waals surface area contributed by atoms with E-state index in [1.165, 1.54) is 19.3 Å². The van der Waals surface area contributed by atoms with Crippen LogP contribution in [0.2, 0.25) is 0 Å². The van der Waals surface area contributed by atoms with Gasteiger partial charge in [-0.25, -0.2) is 0 Å². The Morgan fingerprint density at radius 1 is 1.10 bits per heavy atom. The van der Waals surface area contributed by atoms with Gasteiger partial charge in [-0.15, -0.1) is 0 Å². The standard InChI is InChI=1S/C14H23N5O2/c15-12-16-13(19-6-2-1-3-7-19)18-14(17-12)21-10-11-4-8-20-9-5-11/h11H,1-10H2,(H2,15,16,17,18). The van der Waals surface area contributed by atoms with Gasteiger partial charge in [0.05, 0.1) is 6.61 Å². The molecule has 1 aromatic rings. The fraction of sp³-hybridized carbons (Fsp3) is 0.786. The summed E-state index contributed by atoms with van der Waals surface area (Å²) in [7, 11) is 0. The zero-order valence-electron chi connectivity index (χ0n) is 12.3. The van der Waals surface area contributed by atoms with Crippen LogP contribution in [-0.4, -0.2) is 47.9 Å². The molecule has 0 spiro atoms. The van der Waals surface area contributed by atoms with E-state index in [-0.39, 0.29) is 5.95 Å². The Morgan fingerprint density at radius 2 is 1.86 bits per heavy atom. The number of hydrogen-bond donors (Lipinski definition) is 1. The van der Waals surface area contributed by atoms with Gasteiger partial charge in [-0.1, -0.05) is 0 Å². The second-order valence-corrected chi connectivity index (χ2v) is 5.69. The monoisotopic (exact) mass is 293 g/mol. The van der Waals surface area contributed by atoms with E-state index < -0.39 is 0 Å². The van der Waals surface area contributed by atoms with Crippen LogP contribution in [-0.2, 0) is 4.74 Å². The van der Waals surface area contributed by atoms with Crippen molar-refractivity contribution in [3.63, 3.8) is 0 Å². The number of nitrogens with two attached hydrogens (primary N) is 1. The molecule has 3 rings (SSSR count). The summed E-state index contributed by atoms with van der Waals surface area (Å²) >= 11 is 0. The van der Waals surface area contributed by atoms with Crippen molar-refractivity contribution in [2.75, 3.05) is 43.5 Å². The summed E-state index contributed by atoms with van der Waals surface area (Å²) in [5.41, 5.74) is 5.79. The molecule has 0 atom stereocenters. The Hall–Kier alpha value is -1.63. The van der Waals surface area contributed by atoms with Gasteiger partial charge < -0.3 is 20.1 Å². The van der Waals surface area contributed by atoms with Crippen LogP contribution in [0.15, 0.2) is 0 Å². The normalized spacial score (nSPS) is 20.5. The molecule has 0 bridgehead atoms. The van der Waals surface area contributed by atoms with Crippen molar-refractivity contribution in [2.45, 2.75) is 32.1 Å². The van der Waals surface area contributed by atoms with E-state index in [4.69, 9.17) is 15.2 Å². The maximum Gasteiger partial charge on any atom is 0.323 e. The molecule has 1 aromatic heterocycles. The Morgan fingerprint density at radius 3 is 2.62 bits per heavy atom. The molecule has 2 aliphatic heterocycles. The van der Waals surface area contributed by atoms with Crippen LogP contribution in [0.5, 0.6) is 6.01 Å². The summed E-state index contributed by atoms with van der Waals surface area (Å²) in [5, 5.41) is 0. The second kappa shape index (κ2) is 6.89. The van der Waals surface area contributed by atoms with E-state index in [2.05, 4.69) is 19.9 Å². The van der Waals surface area contributed by atoms with Gasteiger partial charge in [0.15, 0.2) is 0 Å². The van der Waals surface area contributed by atoms with Crippen molar-refractivity contribution in [2.24, 2.45) is 5.92 Å². The maximum atomic E-state index is 5.79. The number of hydrogen-bond acceptors (Lipinski definition) is 7. The first-order chi connectivity index (χ1) is 10.3. The Bertz CT molecular complexity index is 459. The highest BCUT2D eigenvalue weighted by Gasteiger charge is 2.18. The van der Waals surface area contributed by atoms with E-state index in [9.17, 15) is 0 Å². The van der Waals surface area contributed by atoms with Crippen molar-refractivity contribution < 1.29 is 9.47 Å². The van der Waals surface area contributed by atoms with Crippen LogP contribution in [0.4, 0.5) is 11.9 Å². The topological polar surface area (TPSA) is 86.4 Å². The predicted molar refractivity (Wildman–Crippen MR) is 79.3 cm³/mol. The molecule has 0 aromatic carbocycles. The van der Waals surface area contributed by atoms with Crippen LogP contribution < -0.4 is 15.4 Å². The van der Waals surface area contributed by atoms with Crippen LogP contribution in [0.3, 0.4) is 0 Å². The molecule has 21 heavy (non-hydrogen) atoms. The van der Waals surface area contributed by atoms with Gasteiger partial charge in [-0.3, -0.25) is 0 Å². The molecular weight excluding hydrogens is 270 g/mol. The molecule has 2 fully saturated rings. The van der Waals surface area contributed by atoms with E-state index in [1.54, 1.807) is 0 Å². The largest absolute Gasteiger partial charge is 0.463 e. The van der Waals surface area contributed by atoms with E-state index in [1.807, 2.05) is 0 Å². The molecule has 0 aliphatic carbocycles. The average molecular weight is 293 g/mol. The van der Waals surface area contributed by atoms with Crippen LogP contribution >= 0.6 is 0 Å². The third kappa shape index (κ3) is 3.93. The van der Waals surface area contributed by atoms with Crippen molar-refractivity contribution in [1.29, 1.82) is 0 Å². The molecular formula is C14H23N5O2. The van der Waals surface area contributed by atoms with E-state index in [0.717, 1.165) is 39.1 Å². The zero-order chi connectivity index (χ0) is 14.5. The van der Waals surface area contributed by atoms with Gasteiger partial charge in [-0.05, 0) is 38.0 Å². The van der Waals surface area contributed by atoms with Gasteiger partial charge in [-0.2, -0.15) is 15.0 Å². The molecule has 2 aliphatic rings. The van der Waals surface area contributed by atoms with Crippen molar-refractivity contribution in [1.82, 2.24) is 15.0 Å². The molecule has 0 radical (unpaired) electrons. The van der Waals surface area contributed by atoms with Crippen LogP contribution in [0.1, 0.15) is 32.1 Å². The molecule has 0 amide bonds. The Balaban J connectivity index is 1.62. The molecule has 0 saturated carbocycles. The minimum atomic E-state index is 0.229. The number of piperidine rings is 1. The maximum absolute atomic E-state index is 5.79. The predicted octanol–water partition coefficient (Wildman–Crippen LogP) is 1.25. The Kier molecular flexibility index (Phi) is 4.69. The summed E-state index contributed by atoms with van der Waals surface area (Å²) in [6.45, 7) is 4.19. The van der Waals surface area contributed by atoms with Crippen LogP contribution in [0, 0.1) is 5.92 Å². The average Bonchev–Trinajstić information content (AvgIpc) is 2.54. The van der Waals surface area contributed by atoms with Crippen molar-refractivity contribution >= 4 is 11.9 Å². The molecule has 116 valence electrons. The van der Waals surface area contributed by atoms with Gasteiger partial charge >= 0.3 is 6.01 Å². The first-order valence-corrected chi connectivity index (χ1v) is 7.78. The molecule has 0 unspecified atom stereocenters. The first-order valence-electron chi connectivity index (χ1n) is 7.78. The van der Waals surface area contributed by atoms with Gasteiger partial charge in [0.1, 0.15) is 0 Å². The first kappa shape index (κ1) is 14.3. The minimum Gasteiger partial charge on any atom is -0.463 e. The third-order valence-corrected chi connectivity index (χ3v) is 4.05. The summed E-state index contributed by atoms with van der Waals surface area (Å²) in [6, 6.07) is 0.342. The number of nitrogens with zero attached hydrogens (tertiary/aromatic N) is 4. The summed E-state index contributed by atoms with van der Waals surface area (Å²) in [4.78, 5) is 14.9. The second-order valence-electron chi connectivity index (χ2n) is 5.69. The molecule has 3 heterocycles. The van der Waals surface area contributed by atoms with Gasteiger partial charge in [0.25, 0.3) is 0 Å². The summed E-state index contributed by atoms with van der Waals surface area (Å²) < 4.78 is 11.1. The number of nitrogen functional groups attached to an aromatic ring is 1. The van der Waals surface area contributed by atoms with E-state index in [0.29, 0.717) is 24.5 Å². The zero-order valence-corrected chi connectivity index (χ0v) is 12.3. The summed E-state index contributed by atoms with van der Waals surface area (Å²) in [5.74, 6) is 1.38. The highest BCUT2D eigenvalue weighted by Crippen LogP contribution is 2.20. The highest BCUT2D eigenvalue weighted by atomic mass is 16.5. The lowest BCUT2D eigenvalue weighted by Crippen LogP contribution is -2.31. The summed E-state index contributed by atoms with van der Waals surface area (Å²) in [6.07, 6.45) is 5.66. The smallest absolute Gasteiger partial charge is 0.323 e. The Labute approximate surface area is 124 Å².